The number of nitrogens with one attached hydrogen (secondary N) is 1. The van der Waals surface area contributed by atoms with Crippen molar-refractivity contribution in [2.24, 2.45) is 5.92 Å². The summed E-state index contributed by atoms with van der Waals surface area (Å²) in [6.07, 6.45) is 2.87. The standard InChI is InChI=1S/C31H34N4O4S/c1-31(2)16-22(13-15-39-31)35-29(37)23-11-6-12-25(27(23)30(35)38)34-14-7-10-21(18-34)28(36)32-17-26-33-24(19-40-26)20-8-4-3-5-9-20/h3-6,8-9,11-12,19,21-22H,7,10,13-18H2,1-2H3,(H,32,36)/t21-,22+/m0/s1. The number of hydrogen-bond acceptors (Lipinski definition) is 7. The van der Waals surface area contributed by atoms with Crippen molar-refractivity contribution in [3.05, 3.63) is 70.0 Å². The minimum Gasteiger partial charge on any atom is -0.375 e. The zero-order valence-electron chi connectivity index (χ0n) is 22.9. The topological polar surface area (TPSA) is 91.8 Å². The SMILES string of the molecule is CC1(C)C[C@H](N2C(=O)c3cccc(N4CCC[C@H](C(=O)NCc5nc(-c6ccccc6)cs5)C4)c3C2=O)CCO1. The predicted molar refractivity (Wildman–Crippen MR) is 154 cm³/mol. The first kappa shape index (κ1) is 26.7. The van der Waals surface area contributed by atoms with E-state index in [1.807, 2.05) is 61.7 Å². The highest BCUT2D eigenvalue weighted by Gasteiger charge is 2.45. The van der Waals surface area contributed by atoms with E-state index in [1.165, 1.54) is 16.2 Å². The minimum atomic E-state index is -0.379. The summed E-state index contributed by atoms with van der Waals surface area (Å²) in [5.74, 6) is -0.683. The molecular formula is C31H34N4O4S. The van der Waals surface area contributed by atoms with E-state index in [9.17, 15) is 14.4 Å². The smallest absolute Gasteiger partial charge is 0.263 e. The lowest BCUT2D eigenvalue weighted by atomic mass is 9.93. The van der Waals surface area contributed by atoms with Crippen LogP contribution in [0, 0.1) is 5.92 Å². The Labute approximate surface area is 238 Å². The van der Waals surface area contributed by atoms with Crippen molar-refractivity contribution in [1.82, 2.24) is 15.2 Å². The van der Waals surface area contributed by atoms with Gasteiger partial charge in [-0.3, -0.25) is 19.3 Å². The van der Waals surface area contributed by atoms with E-state index in [2.05, 4.69) is 15.2 Å². The van der Waals surface area contributed by atoms with E-state index in [0.29, 0.717) is 43.7 Å². The van der Waals surface area contributed by atoms with Gasteiger partial charge in [0.25, 0.3) is 11.8 Å². The number of amides is 3. The number of ether oxygens (including phenoxy) is 1. The van der Waals surface area contributed by atoms with Gasteiger partial charge < -0.3 is 15.0 Å². The third kappa shape index (κ3) is 5.15. The van der Waals surface area contributed by atoms with Gasteiger partial charge in [-0.15, -0.1) is 11.3 Å². The average molecular weight is 559 g/mol. The molecule has 0 spiro atoms. The zero-order chi connectivity index (χ0) is 27.9. The number of anilines is 1. The van der Waals surface area contributed by atoms with E-state index in [1.54, 1.807) is 6.07 Å². The van der Waals surface area contributed by atoms with Gasteiger partial charge in [0.1, 0.15) is 5.01 Å². The molecule has 2 fully saturated rings. The third-order valence-electron chi connectivity index (χ3n) is 8.13. The number of hydrogen-bond donors (Lipinski definition) is 1. The second kappa shape index (κ2) is 10.8. The maximum atomic E-state index is 13.7. The molecule has 0 aliphatic carbocycles. The highest BCUT2D eigenvalue weighted by Crippen LogP contribution is 2.38. The molecule has 9 heteroatoms. The first-order chi connectivity index (χ1) is 19.3. The van der Waals surface area contributed by atoms with Gasteiger partial charge in [0.15, 0.2) is 0 Å². The van der Waals surface area contributed by atoms with Crippen LogP contribution in [0.3, 0.4) is 0 Å². The number of carbonyl (C=O) groups excluding carboxylic acids is 3. The summed E-state index contributed by atoms with van der Waals surface area (Å²) in [6.45, 7) is 6.14. The molecule has 3 amide bonds. The predicted octanol–water partition coefficient (Wildman–Crippen LogP) is 4.90. The molecule has 3 aliphatic rings. The lowest BCUT2D eigenvalue weighted by molar-refractivity contribution is -0.125. The van der Waals surface area contributed by atoms with Crippen LogP contribution in [0.4, 0.5) is 5.69 Å². The number of carbonyl (C=O) groups is 3. The van der Waals surface area contributed by atoms with Crippen LogP contribution in [0.15, 0.2) is 53.9 Å². The van der Waals surface area contributed by atoms with E-state index in [4.69, 9.17) is 4.74 Å². The Morgan fingerprint density at radius 1 is 1.10 bits per heavy atom. The molecule has 0 bridgehead atoms. The molecule has 6 rings (SSSR count). The van der Waals surface area contributed by atoms with Crippen LogP contribution in [0.5, 0.6) is 0 Å². The number of nitrogens with zero attached hydrogens (tertiary/aromatic N) is 3. The molecule has 0 unspecified atom stereocenters. The third-order valence-corrected chi connectivity index (χ3v) is 8.98. The van der Waals surface area contributed by atoms with E-state index in [-0.39, 0.29) is 35.3 Å². The van der Waals surface area contributed by atoms with Crippen molar-refractivity contribution in [1.29, 1.82) is 0 Å². The number of piperidine rings is 1. The molecule has 8 nitrogen and oxygen atoms in total. The lowest BCUT2D eigenvalue weighted by Gasteiger charge is -2.39. The molecule has 40 heavy (non-hydrogen) atoms. The second-order valence-corrected chi connectivity index (χ2v) is 12.4. The molecule has 2 saturated heterocycles. The molecule has 3 aliphatic heterocycles. The molecule has 2 atom stereocenters. The van der Waals surface area contributed by atoms with Crippen LogP contribution < -0.4 is 10.2 Å². The van der Waals surface area contributed by atoms with Crippen LogP contribution in [-0.4, -0.2) is 58.9 Å². The summed E-state index contributed by atoms with van der Waals surface area (Å²) < 4.78 is 5.83. The van der Waals surface area contributed by atoms with Gasteiger partial charge >= 0.3 is 0 Å². The Balaban J connectivity index is 1.14. The summed E-state index contributed by atoms with van der Waals surface area (Å²) in [7, 11) is 0. The van der Waals surface area contributed by atoms with Crippen LogP contribution in [-0.2, 0) is 16.1 Å². The van der Waals surface area contributed by atoms with Crippen molar-refractivity contribution in [2.45, 2.75) is 57.7 Å². The Bertz CT molecular complexity index is 1440. The van der Waals surface area contributed by atoms with Crippen molar-refractivity contribution in [2.75, 3.05) is 24.6 Å². The number of aromatic nitrogens is 1. The average Bonchev–Trinajstić information content (AvgIpc) is 3.54. The summed E-state index contributed by atoms with van der Waals surface area (Å²) in [4.78, 5) is 48.6. The van der Waals surface area contributed by atoms with Gasteiger partial charge in [0.05, 0.1) is 40.6 Å². The van der Waals surface area contributed by atoms with Crippen molar-refractivity contribution >= 4 is 34.7 Å². The Morgan fingerprint density at radius 3 is 2.73 bits per heavy atom. The zero-order valence-corrected chi connectivity index (χ0v) is 23.7. The lowest BCUT2D eigenvalue weighted by Crippen LogP contribution is -2.48. The fraction of sp³-hybridized carbons (Fsp3) is 0.419. The molecule has 208 valence electrons. The van der Waals surface area contributed by atoms with Crippen LogP contribution in [0.25, 0.3) is 11.3 Å². The van der Waals surface area contributed by atoms with Gasteiger partial charge in [-0.1, -0.05) is 36.4 Å². The first-order valence-electron chi connectivity index (χ1n) is 14.0. The van der Waals surface area contributed by atoms with Crippen LogP contribution in [0.2, 0.25) is 0 Å². The molecule has 0 radical (unpaired) electrons. The number of thiazole rings is 1. The van der Waals surface area contributed by atoms with E-state index in [0.717, 1.165) is 41.3 Å². The number of fused-ring (bicyclic) bond motifs is 1. The number of benzene rings is 2. The highest BCUT2D eigenvalue weighted by atomic mass is 32.1. The molecular weight excluding hydrogens is 524 g/mol. The van der Waals surface area contributed by atoms with E-state index < -0.39 is 0 Å². The van der Waals surface area contributed by atoms with Crippen LogP contribution >= 0.6 is 11.3 Å². The largest absolute Gasteiger partial charge is 0.375 e. The fourth-order valence-electron chi connectivity index (χ4n) is 6.15. The minimum absolute atomic E-state index is 0.0118. The van der Waals surface area contributed by atoms with Crippen LogP contribution in [0.1, 0.15) is 65.3 Å². The molecule has 2 aromatic carbocycles. The van der Waals surface area contributed by atoms with Gasteiger partial charge in [-0.2, -0.15) is 0 Å². The van der Waals surface area contributed by atoms with Gasteiger partial charge in [0, 0.05) is 36.7 Å². The van der Waals surface area contributed by atoms with Gasteiger partial charge in [-0.05, 0) is 51.7 Å². The summed E-state index contributed by atoms with van der Waals surface area (Å²) in [6, 6.07) is 15.3. The van der Waals surface area contributed by atoms with Crippen molar-refractivity contribution in [3.8, 4) is 11.3 Å². The van der Waals surface area contributed by atoms with Gasteiger partial charge in [-0.25, -0.2) is 4.98 Å². The highest BCUT2D eigenvalue weighted by molar-refractivity contribution is 7.09. The fourth-order valence-corrected chi connectivity index (χ4v) is 6.89. The molecule has 1 N–H and O–H groups in total. The first-order valence-corrected chi connectivity index (χ1v) is 14.9. The molecule has 3 aromatic rings. The summed E-state index contributed by atoms with van der Waals surface area (Å²) in [5, 5.41) is 5.95. The monoisotopic (exact) mass is 558 g/mol. The second-order valence-electron chi connectivity index (χ2n) is 11.4. The Kier molecular flexibility index (Phi) is 7.18. The quantitative estimate of drug-likeness (QED) is 0.433. The number of imide groups is 1. The summed E-state index contributed by atoms with van der Waals surface area (Å²) >= 11 is 1.54. The maximum absolute atomic E-state index is 13.7. The Hall–Kier alpha value is -3.56. The molecule has 1 aromatic heterocycles. The van der Waals surface area contributed by atoms with Crippen molar-refractivity contribution in [3.63, 3.8) is 0 Å². The molecule has 4 heterocycles. The van der Waals surface area contributed by atoms with Gasteiger partial charge in [0.2, 0.25) is 5.91 Å². The van der Waals surface area contributed by atoms with Crippen molar-refractivity contribution < 1.29 is 19.1 Å². The van der Waals surface area contributed by atoms with E-state index >= 15 is 0 Å². The Morgan fingerprint density at radius 2 is 1.93 bits per heavy atom. The normalized spacial score (nSPS) is 22.4. The summed E-state index contributed by atoms with van der Waals surface area (Å²) in [5.41, 5.74) is 3.26. The number of rotatable bonds is 6. The molecule has 0 saturated carbocycles. The maximum Gasteiger partial charge on any atom is 0.263 e.